The Morgan fingerprint density at radius 1 is 0.727 bits per heavy atom. The topological polar surface area (TPSA) is 136 Å². The van der Waals surface area contributed by atoms with E-state index in [1.807, 2.05) is 38.0 Å². The number of carbonyl (C=O) groups excluding carboxylic acids is 3. The maximum absolute atomic E-state index is 15.0. The highest BCUT2D eigenvalue weighted by Gasteiger charge is 2.34. The van der Waals surface area contributed by atoms with Crippen molar-refractivity contribution in [2.45, 2.75) is 44.4 Å². The first kappa shape index (κ1) is 49.7. The van der Waals surface area contributed by atoms with Crippen molar-refractivity contribution in [1.29, 1.82) is 0 Å². The maximum Gasteiger partial charge on any atom is 0.324 e. The predicted molar refractivity (Wildman–Crippen MR) is 238 cm³/mol. The summed E-state index contributed by atoms with van der Waals surface area (Å²) in [5.41, 5.74) is 5.66. The normalized spacial score (nSPS) is 16.0. The number of anilines is 2. The number of likely N-dealkylation sites (tertiary alicyclic amines) is 2. The molecule has 0 aliphatic carbocycles. The number of hydrogen-bond acceptors (Lipinski definition) is 9. The number of ketones is 1. The minimum Gasteiger partial charge on any atom is -0.415 e. The molecule has 3 heterocycles. The number of hydrogen-bond donors (Lipinski definition) is 1. The van der Waals surface area contributed by atoms with Crippen molar-refractivity contribution in [2.75, 3.05) is 70.7 Å². The van der Waals surface area contributed by atoms with Crippen molar-refractivity contribution in [3.05, 3.63) is 129 Å². The number of amides is 4. The van der Waals surface area contributed by atoms with Crippen LogP contribution in [0.3, 0.4) is 0 Å². The fourth-order valence-corrected chi connectivity index (χ4v) is 7.82. The van der Waals surface area contributed by atoms with Crippen LogP contribution in [-0.4, -0.2) is 121 Å². The van der Waals surface area contributed by atoms with Crippen LogP contribution in [0.2, 0.25) is 10.0 Å². The van der Waals surface area contributed by atoms with Gasteiger partial charge in [-0.15, -0.1) is 10.2 Å². The van der Waals surface area contributed by atoms with Gasteiger partial charge in [0.2, 0.25) is 5.89 Å². The first-order valence-electron chi connectivity index (χ1n) is 20.6. The van der Waals surface area contributed by atoms with Gasteiger partial charge in [-0.25, -0.2) is 27.2 Å². The second-order valence-electron chi connectivity index (χ2n) is 16.1. The Labute approximate surface area is 387 Å². The molecular formula is C45H47Cl2F6N9O4. The molecule has 0 radical (unpaired) electrons. The summed E-state index contributed by atoms with van der Waals surface area (Å²) in [6.07, 6.45) is -1.42. The number of alkyl halides is 2. The number of urea groups is 2. The molecule has 4 aromatic carbocycles. The van der Waals surface area contributed by atoms with Crippen LogP contribution in [0.5, 0.6) is 0 Å². The predicted octanol–water partition coefficient (Wildman–Crippen LogP) is 8.89. The number of nitrogens with zero attached hydrogens (tertiary/aromatic N) is 8. The molecule has 1 aromatic heterocycles. The van der Waals surface area contributed by atoms with Crippen LogP contribution in [-0.2, 0) is 13.1 Å². The van der Waals surface area contributed by atoms with E-state index in [9.17, 15) is 36.3 Å². The first-order valence-corrected chi connectivity index (χ1v) is 21.4. The molecule has 0 unspecified atom stereocenters. The van der Waals surface area contributed by atoms with E-state index in [4.69, 9.17) is 33.4 Å². The highest BCUT2D eigenvalue weighted by atomic mass is 35.5. The Morgan fingerprint density at radius 3 is 1.62 bits per heavy atom. The van der Waals surface area contributed by atoms with Gasteiger partial charge >= 0.3 is 18.5 Å². The van der Waals surface area contributed by atoms with Gasteiger partial charge in [-0.05, 0) is 83.5 Å². The molecule has 0 saturated carbocycles. The van der Waals surface area contributed by atoms with Crippen molar-refractivity contribution in [3.8, 4) is 11.5 Å². The molecule has 352 valence electrons. The number of nitrogens with two attached hydrogens (primary N) is 1. The monoisotopic (exact) mass is 961 g/mol. The molecule has 2 atom stereocenters. The molecule has 2 aliphatic heterocycles. The zero-order chi connectivity index (χ0) is 48.0. The largest absolute Gasteiger partial charge is 0.415 e. The van der Waals surface area contributed by atoms with Crippen molar-refractivity contribution >= 4 is 52.4 Å². The molecule has 0 spiro atoms. The van der Waals surface area contributed by atoms with E-state index in [1.165, 1.54) is 65.6 Å². The third-order valence-corrected chi connectivity index (χ3v) is 12.0. The van der Waals surface area contributed by atoms with Crippen LogP contribution < -0.4 is 15.5 Å². The lowest BCUT2D eigenvalue weighted by Crippen LogP contribution is -2.43. The van der Waals surface area contributed by atoms with E-state index < -0.39 is 53.4 Å². The Morgan fingerprint density at radius 2 is 1.21 bits per heavy atom. The van der Waals surface area contributed by atoms with Crippen LogP contribution in [0.4, 0.5) is 47.3 Å². The zero-order valence-corrected chi connectivity index (χ0v) is 37.8. The molecule has 2 aliphatic rings. The van der Waals surface area contributed by atoms with E-state index in [2.05, 4.69) is 10.2 Å². The fourth-order valence-electron chi connectivity index (χ4n) is 7.48. The number of likely N-dealkylation sites (N-methyl/N-ethyl adjacent to an activating group) is 2. The van der Waals surface area contributed by atoms with Crippen molar-refractivity contribution in [2.24, 2.45) is 5.73 Å². The van der Waals surface area contributed by atoms with E-state index in [0.29, 0.717) is 26.2 Å². The summed E-state index contributed by atoms with van der Waals surface area (Å²) in [6, 6.07) is 15.7. The average molecular weight is 963 g/mol. The summed E-state index contributed by atoms with van der Waals surface area (Å²) >= 11 is 11.9. The lowest BCUT2D eigenvalue weighted by Gasteiger charge is -2.29. The van der Waals surface area contributed by atoms with Crippen molar-refractivity contribution in [3.63, 3.8) is 0 Å². The van der Waals surface area contributed by atoms with Crippen LogP contribution in [0.1, 0.15) is 46.6 Å². The van der Waals surface area contributed by atoms with Crippen LogP contribution in [0.25, 0.3) is 11.5 Å². The summed E-state index contributed by atoms with van der Waals surface area (Å²) < 4.78 is 89.8. The summed E-state index contributed by atoms with van der Waals surface area (Å²) in [4.78, 5) is 48.1. The molecule has 7 rings (SSSR count). The van der Waals surface area contributed by atoms with E-state index in [1.54, 1.807) is 9.80 Å². The number of halogens is 8. The smallest absolute Gasteiger partial charge is 0.324 e. The molecule has 66 heavy (non-hydrogen) atoms. The third-order valence-electron chi connectivity index (χ3n) is 11.4. The number of benzene rings is 4. The van der Waals surface area contributed by atoms with Crippen LogP contribution >= 0.6 is 23.2 Å². The highest BCUT2D eigenvalue weighted by Crippen LogP contribution is 2.32. The van der Waals surface area contributed by atoms with Gasteiger partial charge in [0.15, 0.2) is 17.4 Å². The Kier molecular flexibility index (Phi) is 16.4. The Hall–Kier alpha value is -5.73. The fraction of sp³-hybridized carbons (Fsp3) is 0.356. The minimum absolute atomic E-state index is 0.0349. The molecule has 13 nitrogen and oxygen atoms in total. The summed E-state index contributed by atoms with van der Waals surface area (Å²) in [6.45, 7) is 1.14. The molecule has 2 N–H and O–H groups in total. The number of rotatable bonds is 12. The number of Topliss-reactive ketones (excluding diaryl/α,β-unsaturated/α-hetero) is 1. The zero-order valence-electron chi connectivity index (χ0n) is 36.3. The van der Waals surface area contributed by atoms with Crippen molar-refractivity contribution < 1.29 is 45.1 Å². The minimum atomic E-state index is -2.95. The second kappa shape index (κ2) is 21.7. The summed E-state index contributed by atoms with van der Waals surface area (Å²) in [7, 11) is 7.70. The van der Waals surface area contributed by atoms with E-state index in [0.717, 1.165) is 29.9 Å². The molecule has 5 aromatic rings. The number of carbonyl (C=O) groups is 3. The molecule has 21 heteroatoms. The molecule has 2 fully saturated rings. The van der Waals surface area contributed by atoms with Crippen LogP contribution in [0, 0.1) is 23.3 Å². The van der Waals surface area contributed by atoms with E-state index >= 15 is 4.39 Å². The van der Waals surface area contributed by atoms with Crippen LogP contribution in [0.15, 0.2) is 77.2 Å². The lowest BCUT2D eigenvalue weighted by molar-refractivity contribution is 0.100. The lowest BCUT2D eigenvalue weighted by atomic mass is 10.1. The Balaban J connectivity index is 0.000000220. The Bertz CT molecular complexity index is 2550. The standard InChI is InChI=1S/C23H22ClF4N5O2.C22H25ClF2N4O2/c1-31(2)15-8-9-32(12-15)23(34)33(18-5-3-4-16(24)19(18)26)11-14-7-6-13(10-17(14)25)21-29-30-22(35-21)20(27)28;1-27(2)16-8-9-28(13-16)22(31)29(19-5-3-4-17(23)21(19)25)12-15-7-6-14(10-18(15)24)20(30)11-26/h3-7,10,15,20H,8-9,11-12H2,1-2H3;3-7,10,16H,8-9,11-13,26H2,1-2H3/t15-;16-/m00/s1. The van der Waals surface area contributed by atoms with Gasteiger partial charge in [0.05, 0.1) is 41.1 Å². The van der Waals surface area contributed by atoms with Gasteiger partial charge in [-0.1, -0.05) is 53.5 Å². The van der Waals surface area contributed by atoms with Gasteiger partial charge in [0, 0.05) is 60.5 Å². The van der Waals surface area contributed by atoms with Gasteiger partial charge < -0.3 is 29.8 Å². The highest BCUT2D eigenvalue weighted by molar-refractivity contribution is 6.31. The van der Waals surface area contributed by atoms with Gasteiger partial charge in [-0.2, -0.15) is 8.78 Å². The average Bonchev–Trinajstić information content (AvgIpc) is 4.10. The maximum atomic E-state index is 15.0. The second-order valence-corrected chi connectivity index (χ2v) is 16.9. The van der Waals surface area contributed by atoms with Crippen molar-refractivity contribution in [1.82, 2.24) is 29.8 Å². The molecule has 4 amide bonds. The van der Waals surface area contributed by atoms with Gasteiger partial charge in [0.1, 0.15) is 11.6 Å². The quantitative estimate of drug-likeness (QED) is 0.0961. The van der Waals surface area contributed by atoms with Gasteiger partial charge in [-0.3, -0.25) is 14.6 Å². The summed E-state index contributed by atoms with van der Waals surface area (Å²) in [5.74, 6) is -4.53. The molecule has 0 bridgehead atoms. The SMILES string of the molecule is CN(C)[C@H]1CCN(C(=O)N(Cc2ccc(-c3nnc(C(F)F)o3)cc2F)c2cccc(Cl)c2F)C1.CN(C)[C@H]1CCN(C(=O)N(Cc2ccc(C(=O)CN)cc2F)c2cccc(Cl)c2F)C1. The van der Waals surface area contributed by atoms with E-state index in [-0.39, 0.29) is 81.3 Å². The molecular weight excluding hydrogens is 915 g/mol. The summed E-state index contributed by atoms with van der Waals surface area (Å²) in [5, 5.41) is 6.43. The number of aromatic nitrogens is 2. The first-order chi connectivity index (χ1) is 31.4. The molecule has 2 saturated heterocycles. The van der Waals surface area contributed by atoms with Gasteiger partial charge in [0.25, 0.3) is 5.89 Å². The third kappa shape index (κ3) is 11.4.